The summed E-state index contributed by atoms with van der Waals surface area (Å²) in [5.41, 5.74) is 0.457. The van der Waals surface area contributed by atoms with Crippen molar-refractivity contribution in [3.8, 4) is 0 Å². The fraction of sp³-hybridized carbons (Fsp3) is 0.533. The van der Waals surface area contributed by atoms with E-state index >= 15 is 0 Å². The van der Waals surface area contributed by atoms with Gasteiger partial charge in [0.05, 0.1) is 17.8 Å². The number of nitrogens with one attached hydrogen (secondary N) is 1. The molecule has 7 nitrogen and oxygen atoms in total. The van der Waals surface area contributed by atoms with E-state index in [4.69, 9.17) is 4.74 Å². The highest BCUT2D eigenvalue weighted by molar-refractivity contribution is 5.81. The second-order valence-corrected chi connectivity index (χ2v) is 5.69. The van der Waals surface area contributed by atoms with Gasteiger partial charge in [0.15, 0.2) is 0 Å². The summed E-state index contributed by atoms with van der Waals surface area (Å²) in [5.74, 6) is 0.0238. The Morgan fingerprint density at radius 1 is 1.50 bits per heavy atom. The monoisotopic (exact) mass is 304 g/mol. The van der Waals surface area contributed by atoms with Gasteiger partial charge in [-0.15, -0.1) is 0 Å². The number of anilines is 1. The minimum absolute atomic E-state index is 0.0238. The van der Waals surface area contributed by atoms with Gasteiger partial charge in [0.2, 0.25) is 5.91 Å². The van der Waals surface area contributed by atoms with Gasteiger partial charge < -0.3 is 15.0 Å². The van der Waals surface area contributed by atoms with Crippen molar-refractivity contribution in [1.29, 1.82) is 0 Å². The summed E-state index contributed by atoms with van der Waals surface area (Å²) in [6, 6.07) is 3.69. The number of rotatable bonds is 4. The highest BCUT2D eigenvalue weighted by Gasteiger charge is 2.50. The lowest BCUT2D eigenvalue weighted by Gasteiger charge is -2.44. The van der Waals surface area contributed by atoms with Gasteiger partial charge in [0.1, 0.15) is 6.61 Å². The molecule has 0 aliphatic carbocycles. The van der Waals surface area contributed by atoms with E-state index in [2.05, 4.69) is 10.3 Å². The van der Waals surface area contributed by atoms with Crippen LogP contribution in [0.2, 0.25) is 0 Å². The Hall–Kier alpha value is -2.31. The van der Waals surface area contributed by atoms with Crippen LogP contribution in [0.25, 0.3) is 0 Å². The average molecular weight is 304 g/mol. The molecule has 2 amide bonds. The summed E-state index contributed by atoms with van der Waals surface area (Å²) >= 11 is 0. The van der Waals surface area contributed by atoms with Crippen molar-refractivity contribution < 1.29 is 14.3 Å². The van der Waals surface area contributed by atoms with Gasteiger partial charge in [-0.3, -0.25) is 14.7 Å². The van der Waals surface area contributed by atoms with Crippen LogP contribution in [0.3, 0.4) is 0 Å². The zero-order valence-electron chi connectivity index (χ0n) is 12.6. The first kappa shape index (κ1) is 14.6. The number of hydrogen-bond acceptors (Lipinski definition) is 5. The summed E-state index contributed by atoms with van der Waals surface area (Å²) in [5, 5.41) is 3.08. The van der Waals surface area contributed by atoms with Crippen molar-refractivity contribution in [2.75, 3.05) is 38.1 Å². The van der Waals surface area contributed by atoms with Crippen molar-refractivity contribution in [2.45, 2.75) is 18.9 Å². The number of aromatic nitrogens is 1. The molecular weight excluding hydrogens is 284 g/mol. The van der Waals surface area contributed by atoms with Gasteiger partial charge in [0.25, 0.3) is 0 Å². The van der Waals surface area contributed by atoms with Crippen LogP contribution in [-0.2, 0) is 9.53 Å². The molecule has 3 heterocycles. The number of nitrogens with zero attached hydrogens (tertiary/aromatic N) is 3. The average Bonchev–Trinajstić information content (AvgIpc) is 2.91. The Bertz CT molecular complexity index is 565. The van der Waals surface area contributed by atoms with Crippen LogP contribution in [0.4, 0.5) is 10.5 Å². The Labute approximate surface area is 129 Å². The third kappa shape index (κ3) is 2.58. The van der Waals surface area contributed by atoms with Crippen molar-refractivity contribution >= 4 is 17.7 Å². The number of hydrogen-bond donors (Lipinski definition) is 1. The number of piperazine rings is 1. The third-order valence-electron chi connectivity index (χ3n) is 4.45. The minimum atomic E-state index is -0.362. The van der Waals surface area contributed by atoms with Crippen LogP contribution in [0.5, 0.6) is 0 Å². The molecule has 22 heavy (non-hydrogen) atoms. The maximum absolute atomic E-state index is 12.4. The molecule has 2 aliphatic heterocycles. The molecule has 0 bridgehead atoms. The van der Waals surface area contributed by atoms with Crippen LogP contribution in [0.1, 0.15) is 13.3 Å². The molecule has 1 unspecified atom stereocenters. The number of carbonyl (C=O) groups is 2. The topological polar surface area (TPSA) is 74.8 Å². The lowest BCUT2D eigenvalue weighted by molar-refractivity contribution is -0.133. The maximum atomic E-state index is 12.4. The van der Waals surface area contributed by atoms with Gasteiger partial charge in [0, 0.05) is 32.0 Å². The smallest absolute Gasteiger partial charge is 0.410 e. The first-order valence-electron chi connectivity index (χ1n) is 7.51. The van der Waals surface area contributed by atoms with Crippen LogP contribution < -0.4 is 5.32 Å². The van der Waals surface area contributed by atoms with E-state index in [0.717, 1.165) is 12.1 Å². The zero-order chi connectivity index (χ0) is 15.6. The molecule has 0 radical (unpaired) electrons. The third-order valence-corrected chi connectivity index (χ3v) is 4.45. The van der Waals surface area contributed by atoms with Crippen LogP contribution >= 0.6 is 0 Å². The zero-order valence-corrected chi connectivity index (χ0v) is 12.6. The van der Waals surface area contributed by atoms with E-state index in [9.17, 15) is 9.59 Å². The van der Waals surface area contributed by atoms with Crippen molar-refractivity contribution in [1.82, 2.24) is 14.8 Å². The predicted molar refractivity (Wildman–Crippen MR) is 80.4 cm³/mol. The molecule has 0 spiro atoms. The van der Waals surface area contributed by atoms with Gasteiger partial charge >= 0.3 is 6.09 Å². The van der Waals surface area contributed by atoms with Gasteiger partial charge in [-0.05, 0) is 18.6 Å². The molecule has 1 aromatic rings. The van der Waals surface area contributed by atoms with Crippen molar-refractivity contribution in [2.24, 2.45) is 0 Å². The summed E-state index contributed by atoms with van der Waals surface area (Å²) in [6.45, 7) is 4.22. The van der Waals surface area contributed by atoms with Crippen LogP contribution in [-0.4, -0.2) is 65.1 Å². The highest BCUT2D eigenvalue weighted by Crippen LogP contribution is 2.31. The van der Waals surface area contributed by atoms with E-state index in [0.29, 0.717) is 26.2 Å². The molecule has 118 valence electrons. The van der Waals surface area contributed by atoms with E-state index < -0.39 is 0 Å². The van der Waals surface area contributed by atoms with Crippen LogP contribution in [0, 0.1) is 0 Å². The normalized spacial score (nSPS) is 24.0. The number of amides is 2. The van der Waals surface area contributed by atoms with Gasteiger partial charge in [-0.2, -0.15) is 0 Å². The van der Waals surface area contributed by atoms with Crippen molar-refractivity contribution in [3.05, 3.63) is 24.5 Å². The molecule has 7 heteroatoms. The fourth-order valence-corrected chi connectivity index (χ4v) is 3.03. The molecule has 1 aromatic heterocycles. The first-order chi connectivity index (χ1) is 10.6. The SMILES string of the molecule is CCC12COC(=O)N1CCN(C(=O)CNc1cccnc1)C2. The molecule has 2 fully saturated rings. The number of ether oxygens (including phenoxy) is 1. The summed E-state index contributed by atoms with van der Waals surface area (Å²) in [4.78, 5) is 31.7. The van der Waals surface area contributed by atoms with E-state index in [1.165, 1.54) is 0 Å². The summed E-state index contributed by atoms with van der Waals surface area (Å²) in [6.07, 6.45) is 3.89. The van der Waals surface area contributed by atoms with Crippen molar-refractivity contribution in [3.63, 3.8) is 0 Å². The second kappa shape index (κ2) is 5.82. The van der Waals surface area contributed by atoms with E-state index in [1.54, 1.807) is 17.3 Å². The molecule has 1 atom stereocenters. The number of pyridine rings is 1. The predicted octanol–water partition coefficient (Wildman–Crippen LogP) is 0.937. The molecular formula is C15H20N4O3. The molecule has 2 aliphatic rings. The molecule has 2 saturated heterocycles. The largest absolute Gasteiger partial charge is 0.447 e. The summed E-state index contributed by atoms with van der Waals surface area (Å²) in [7, 11) is 0. The van der Waals surface area contributed by atoms with Gasteiger partial charge in [-0.25, -0.2) is 4.79 Å². The Morgan fingerprint density at radius 3 is 3.09 bits per heavy atom. The maximum Gasteiger partial charge on any atom is 0.410 e. The fourth-order valence-electron chi connectivity index (χ4n) is 3.03. The Balaban J connectivity index is 1.61. The quantitative estimate of drug-likeness (QED) is 0.896. The number of fused-ring (bicyclic) bond motifs is 1. The van der Waals surface area contributed by atoms with Crippen LogP contribution in [0.15, 0.2) is 24.5 Å². The number of carbonyl (C=O) groups excluding carboxylic acids is 2. The first-order valence-corrected chi connectivity index (χ1v) is 7.51. The summed E-state index contributed by atoms with van der Waals surface area (Å²) < 4.78 is 5.18. The number of cyclic esters (lactones) is 1. The van der Waals surface area contributed by atoms with Gasteiger partial charge in [-0.1, -0.05) is 6.92 Å². The minimum Gasteiger partial charge on any atom is -0.447 e. The molecule has 0 saturated carbocycles. The molecule has 0 aromatic carbocycles. The molecule has 3 rings (SSSR count). The van der Waals surface area contributed by atoms with E-state index in [1.807, 2.05) is 24.0 Å². The standard InChI is InChI=1S/C15H20N4O3/c1-2-15-10-18(6-7-19(15)14(21)22-11-15)13(20)9-17-12-4-3-5-16-8-12/h3-5,8,17H,2,6-7,9-11H2,1H3. The second-order valence-electron chi connectivity index (χ2n) is 5.69. The molecule has 1 N–H and O–H groups in total. The van der Waals surface area contributed by atoms with E-state index in [-0.39, 0.29) is 24.1 Å². The highest BCUT2D eigenvalue weighted by atomic mass is 16.6. The Kier molecular flexibility index (Phi) is 3.87. The lowest BCUT2D eigenvalue weighted by Crippen LogP contribution is -2.62. The lowest BCUT2D eigenvalue weighted by atomic mass is 9.93. The Morgan fingerprint density at radius 2 is 2.36 bits per heavy atom.